The molecule has 1 amide bonds. The number of hydrogen-bond acceptors (Lipinski definition) is 5. The van der Waals surface area contributed by atoms with Crippen LogP contribution in [-0.4, -0.2) is 35.3 Å². The summed E-state index contributed by atoms with van der Waals surface area (Å²) in [6.45, 7) is 0. The molecule has 0 fully saturated rings. The SMILES string of the molecule is COc1ccc(/C=N\NC(=O)c2cccnc2)cc1C(=O)O. The molecular formula is C15H13N3O4. The average molecular weight is 299 g/mol. The number of carbonyl (C=O) groups excluding carboxylic acids is 1. The van der Waals surface area contributed by atoms with Crippen molar-refractivity contribution in [3.05, 3.63) is 59.4 Å². The summed E-state index contributed by atoms with van der Waals surface area (Å²) in [5, 5.41) is 12.9. The van der Waals surface area contributed by atoms with Crippen LogP contribution in [0.25, 0.3) is 0 Å². The van der Waals surface area contributed by atoms with Crippen molar-refractivity contribution in [1.29, 1.82) is 0 Å². The zero-order valence-corrected chi connectivity index (χ0v) is 11.7. The van der Waals surface area contributed by atoms with Gasteiger partial charge in [-0.15, -0.1) is 0 Å². The zero-order valence-electron chi connectivity index (χ0n) is 11.7. The van der Waals surface area contributed by atoms with E-state index in [1.165, 1.54) is 31.7 Å². The molecule has 22 heavy (non-hydrogen) atoms. The number of pyridine rings is 1. The van der Waals surface area contributed by atoms with Crippen LogP contribution in [0.2, 0.25) is 0 Å². The average Bonchev–Trinajstić information content (AvgIpc) is 2.55. The van der Waals surface area contributed by atoms with E-state index in [0.717, 1.165) is 0 Å². The van der Waals surface area contributed by atoms with Gasteiger partial charge in [0, 0.05) is 12.4 Å². The Morgan fingerprint density at radius 3 is 2.82 bits per heavy atom. The number of carbonyl (C=O) groups is 2. The molecule has 2 N–H and O–H groups in total. The molecule has 1 aromatic carbocycles. The second-order valence-electron chi connectivity index (χ2n) is 4.21. The minimum Gasteiger partial charge on any atom is -0.496 e. The van der Waals surface area contributed by atoms with E-state index in [4.69, 9.17) is 9.84 Å². The summed E-state index contributed by atoms with van der Waals surface area (Å²) in [6.07, 6.45) is 4.33. The van der Waals surface area contributed by atoms with Gasteiger partial charge in [-0.2, -0.15) is 5.10 Å². The highest BCUT2D eigenvalue weighted by Gasteiger charge is 2.10. The van der Waals surface area contributed by atoms with Gasteiger partial charge in [0.1, 0.15) is 11.3 Å². The molecule has 2 aromatic rings. The predicted molar refractivity (Wildman–Crippen MR) is 79.3 cm³/mol. The van der Waals surface area contributed by atoms with E-state index in [9.17, 15) is 9.59 Å². The number of amides is 1. The van der Waals surface area contributed by atoms with Crippen molar-refractivity contribution in [2.75, 3.05) is 7.11 Å². The molecule has 0 aliphatic heterocycles. The Morgan fingerprint density at radius 1 is 1.36 bits per heavy atom. The Kier molecular flexibility index (Phi) is 4.81. The number of aromatic carboxylic acids is 1. The quantitative estimate of drug-likeness (QED) is 0.644. The minimum atomic E-state index is -1.11. The molecule has 7 heteroatoms. The summed E-state index contributed by atoms with van der Waals surface area (Å²) in [6, 6.07) is 7.80. The van der Waals surface area contributed by atoms with Gasteiger partial charge in [0.2, 0.25) is 0 Å². The number of hydrazone groups is 1. The van der Waals surface area contributed by atoms with Crippen LogP contribution in [0.1, 0.15) is 26.3 Å². The maximum atomic E-state index is 11.7. The lowest BCUT2D eigenvalue weighted by Crippen LogP contribution is -2.17. The van der Waals surface area contributed by atoms with Crippen molar-refractivity contribution >= 4 is 18.1 Å². The summed E-state index contributed by atoms with van der Waals surface area (Å²) < 4.78 is 4.96. The first kappa shape index (κ1) is 15.2. The highest BCUT2D eigenvalue weighted by molar-refractivity contribution is 5.95. The van der Waals surface area contributed by atoms with Gasteiger partial charge in [-0.25, -0.2) is 10.2 Å². The molecule has 0 aliphatic rings. The molecule has 0 atom stereocenters. The normalized spacial score (nSPS) is 10.4. The first-order valence-electron chi connectivity index (χ1n) is 6.26. The number of methoxy groups -OCH3 is 1. The van der Waals surface area contributed by atoms with Gasteiger partial charge < -0.3 is 9.84 Å². The number of nitrogens with zero attached hydrogens (tertiary/aromatic N) is 2. The first-order valence-corrected chi connectivity index (χ1v) is 6.26. The van der Waals surface area contributed by atoms with Crippen molar-refractivity contribution in [3.8, 4) is 5.75 Å². The predicted octanol–water partition coefficient (Wildman–Crippen LogP) is 1.55. The molecule has 1 aromatic heterocycles. The fourth-order valence-corrected chi connectivity index (χ4v) is 1.70. The Bertz CT molecular complexity index is 714. The molecule has 0 saturated heterocycles. The third-order valence-corrected chi connectivity index (χ3v) is 2.76. The Hall–Kier alpha value is -3.22. The van der Waals surface area contributed by atoms with Crippen LogP contribution in [0.4, 0.5) is 0 Å². The van der Waals surface area contributed by atoms with Crippen LogP contribution in [-0.2, 0) is 0 Å². The van der Waals surface area contributed by atoms with Crippen LogP contribution in [0, 0.1) is 0 Å². The number of rotatable bonds is 5. The molecule has 0 spiro atoms. The number of carboxylic acid groups (broad SMARTS) is 1. The lowest BCUT2D eigenvalue weighted by atomic mass is 10.1. The lowest BCUT2D eigenvalue weighted by Gasteiger charge is -2.05. The molecule has 112 valence electrons. The van der Waals surface area contributed by atoms with Gasteiger partial charge in [0.15, 0.2) is 0 Å². The van der Waals surface area contributed by atoms with Gasteiger partial charge in [0.25, 0.3) is 5.91 Å². The zero-order chi connectivity index (χ0) is 15.9. The lowest BCUT2D eigenvalue weighted by molar-refractivity contribution is 0.0693. The monoisotopic (exact) mass is 299 g/mol. The second kappa shape index (κ2) is 6.98. The van der Waals surface area contributed by atoms with Crippen molar-refractivity contribution in [1.82, 2.24) is 10.4 Å². The molecule has 0 saturated carbocycles. The van der Waals surface area contributed by atoms with Gasteiger partial charge >= 0.3 is 5.97 Å². The van der Waals surface area contributed by atoms with Crippen LogP contribution < -0.4 is 10.2 Å². The Morgan fingerprint density at radius 2 is 2.18 bits per heavy atom. The maximum Gasteiger partial charge on any atom is 0.339 e. The highest BCUT2D eigenvalue weighted by atomic mass is 16.5. The van der Waals surface area contributed by atoms with E-state index < -0.39 is 11.9 Å². The molecule has 0 unspecified atom stereocenters. The number of benzene rings is 1. The molecule has 0 bridgehead atoms. The van der Waals surface area contributed by atoms with E-state index in [0.29, 0.717) is 11.1 Å². The van der Waals surface area contributed by atoms with Crippen LogP contribution in [0.15, 0.2) is 47.8 Å². The molecule has 2 rings (SSSR count). The number of carboxylic acids is 1. The Labute approximate surface area is 126 Å². The molecule has 0 aliphatic carbocycles. The van der Waals surface area contributed by atoms with Crippen molar-refractivity contribution in [2.24, 2.45) is 5.10 Å². The first-order chi connectivity index (χ1) is 10.6. The summed E-state index contributed by atoms with van der Waals surface area (Å²) in [5.74, 6) is -1.26. The molecule has 7 nitrogen and oxygen atoms in total. The molecular weight excluding hydrogens is 286 g/mol. The topological polar surface area (TPSA) is 101 Å². The number of aromatic nitrogens is 1. The fraction of sp³-hybridized carbons (Fsp3) is 0.0667. The fourth-order valence-electron chi connectivity index (χ4n) is 1.70. The van der Waals surface area contributed by atoms with E-state index in [2.05, 4.69) is 15.5 Å². The maximum absolute atomic E-state index is 11.7. The smallest absolute Gasteiger partial charge is 0.339 e. The van der Waals surface area contributed by atoms with E-state index >= 15 is 0 Å². The Balaban J connectivity index is 2.09. The van der Waals surface area contributed by atoms with Gasteiger partial charge in [-0.05, 0) is 35.9 Å². The number of ether oxygens (including phenoxy) is 1. The van der Waals surface area contributed by atoms with Crippen LogP contribution in [0.3, 0.4) is 0 Å². The van der Waals surface area contributed by atoms with Gasteiger partial charge in [0.05, 0.1) is 18.9 Å². The van der Waals surface area contributed by atoms with E-state index in [1.54, 1.807) is 24.4 Å². The van der Waals surface area contributed by atoms with Crippen LogP contribution in [0.5, 0.6) is 5.75 Å². The van der Waals surface area contributed by atoms with E-state index in [-0.39, 0.29) is 11.3 Å². The molecule has 0 radical (unpaired) electrons. The standard InChI is InChI=1S/C15H13N3O4/c1-22-13-5-4-10(7-12(13)15(20)21)8-17-18-14(19)11-3-2-6-16-9-11/h2-9H,1H3,(H,18,19)(H,20,21)/b17-8-. The third-order valence-electron chi connectivity index (χ3n) is 2.76. The summed E-state index contributed by atoms with van der Waals surface area (Å²) in [5.41, 5.74) is 3.25. The largest absolute Gasteiger partial charge is 0.496 e. The third kappa shape index (κ3) is 3.66. The number of nitrogens with one attached hydrogen (secondary N) is 1. The highest BCUT2D eigenvalue weighted by Crippen LogP contribution is 2.18. The second-order valence-corrected chi connectivity index (χ2v) is 4.21. The van der Waals surface area contributed by atoms with Crippen molar-refractivity contribution in [3.63, 3.8) is 0 Å². The minimum absolute atomic E-state index is 0.0186. The molecule has 1 heterocycles. The van der Waals surface area contributed by atoms with Gasteiger partial charge in [-0.3, -0.25) is 9.78 Å². The van der Waals surface area contributed by atoms with Gasteiger partial charge in [-0.1, -0.05) is 0 Å². The number of hydrogen-bond donors (Lipinski definition) is 2. The summed E-state index contributed by atoms with van der Waals surface area (Å²) in [4.78, 5) is 26.7. The summed E-state index contributed by atoms with van der Waals surface area (Å²) in [7, 11) is 1.39. The van der Waals surface area contributed by atoms with E-state index in [1.807, 2.05) is 0 Å². The summed E-state index contributed by atoms with van der Waals surface area (Å²) >= 11 is 0. The van der Waals surface area contributed by atoms with Crippen molar-refractivity contribution in [2.45, 2.75) is 0 Å². The van der Waals surface area contributed by atoms with Crippen LogP contribution >= 0.6 is 0 Å². The van der Waals surface area contributed by atoms with Crippen molar-refractivity contribution < 1.29 is 19.4 Å².